The lowest BCUT2D eigenvalue weighted by atomic mass is 9.85. The molecule has 100 valence electrons. The lowest BCUT2D eigenvalue weighted by Crippen LogP contribution is -2.33. The van der Waals surface area contributed by atoms with Crippen LogP contribution in [-0.2, 0) is 14.3 Å². The number of carbonyl (C=O) groups is 1. The smallest absolute Gasteiger partial charge is 0.322 e. The minimum absolute atomic E-state index is 0.358. The van der Waals surface area contributed by atoms with Gasteiger partial charge in [0.15, 0.2) is 0 Å². The summed E-state index contributed by atoms with van der Waals surface area (Å²) in [7, 11) is 1.36. The van der Waals surface area contributed by atoms with Crippen molar-refractivity contribution < 1.29 is 14.3 Å². The largest absolute Gasteiger partial charge is 0.468 e. The number of nitrogens with two attached hydrogens (primary N) is 1. The molecule has 0 aromatic heterocycles. The molecule has 0 aromatic carbocycles. The van der Waals surface area contributed by atoms with E-state index in [1.807, 2.05) is 0 Å². The maximum atomic E-state index is 11.1. The van der Waals surface area contributed by atoms with Crippen molar-refractivity contribution in [3.8, 4) is 0 Å². The maximum absolute atomic E-state index is 11.1. The first-order valence-electron chi connectivity index (χ1n) is 6.62. The van der Waals surface area contributed by atoms with Crippen molar-refractivity contribution in [3.63, 3.8) is 0 Å². The van der Waals surface area contributed by atoms with E-state index in [2.05, 4.69) is 11.7 Å². The molecule has 0 aliphatic heterocycles. The van der Waals surface area contributed by atoms with Gasteiger partial charge in [-0.15, -0.1) is 0 Å². The molecule has 1 rings (SSSR count). The van der Waals surface area contributed by atoms with E-state index in [4.69, 9.17) is 10.5 Å². The molecule has 0 bridgehead atoms. The van der Waals surface area contributed by atoms with Gasteiger partial charge in [-0.25, -0.2) is 0 Å². The summed E-state index contributed by atoms with van der Waals surface area (Å²) >= 11 is 0. The van der Waals surface area contributed by atoms with Gasteiger partial charge in [-0.1, -0.05) is 26.2 Å². The molecular weight excluding hydrogens is 218 g/mol. The summed E-state index contributed by atoms with van der Waals surface area (Å²) in [5.74, 6) is 0.451. The highest BCUT2D eigenvalue weighted by molar-refractivity contribution is 5.75. The van der Waals surface area contributed by atoms with Crippen LogP contribution >= 0.6 is 0 Å². The molecule has 2 N–H and O–H groups in total. The summed E-state index contributed by atoms with van der Waals surface area (Å²) in [6.07, 6.45) is 7.03. The molecule has 1 fully saturated rings. The average molecular weight is 243 g/mol. The van der Waals surface area contributed by atoms with Gasteiger partial charge in [0.2, 0.25) is 0 Å². The zero-order valence-electron chi connectivity index (χ0n) is 11.0. The Bertz CT molecular complexity index is 233. The third-order valence-electron chi connectivity index (χ3n) is 3.60. The van der Waals surface area contributed by atoms with Crippen molar-refractivity contribution in [3.05, 3.63) is 0 Å². The zero-order chi connectivity index (χ0) is 12.7. The second kappa shape index (κ2) is 7.67. The van der Waals surface area contributed by atoms with Crippen LogP contribution in [0.4, 0.5) is 0 Å². The minimum atomic E-state index is -0.550. The molecule has 4 heteroatoms. The summed E-state index contributed by atoms with van der Waals surface area (Å²) in [4.78, 5) is 11.1. The summed E-state index contributed by atoms with van der Waals surface area (Å²) in [6, 6.07) is -0.550. The Balaban J connectivity index is 2.15. The molecule has 1 aliphatic carbocycles. The highest BCUT2D eigenvalue weighted by Gasteiger charge is 2.21. The number of hydrogen-bond donors (Lipinski definition) is 1. The number of ether oxygens (including phenoxy) is 2. The van der Waals surface area contributed by atoms with Crippen LogP contribution in [0.25, 0.3) is 0 Å². The second-order valence-electron chi connectivity index (χ2n) is 4.85. The zero-order valence-corrected chi connectivity index (χ0v) is 11.0. The fourth-order valence-corrected chi connectivity index (χ4v) is 2.39. The average Bonchev–Trinajstić information content (AvgIpc) is 2.37. The van der Waals surface area contributed by atoms with Gasteiger partial charge in [-0.2, -0.15) is 0 Å². The molecule has 1 saturated carbocycles. The molecule has 0 saturated heterocycles. The lowest BCUT2D eigenvalue weighted by molar-refractivity contribution is -0.142. The molecule has 0 radical (unpaired) electrons. The van der Waals surface area contributed by atoms with Gasteiger partial charge in [0.25, 0.3) is 0 Å². The van der Waals surface area contributed by atoms with Crippen molar-refractivity contribution in [1.29, 1.82) is 0 Å². The topological polar surface area (TPSA) is 61.5 Å². The second-order valence-corrected chi connectivity index (χ2v) is 4.85. The first kappa shape index (κ1) is 14.5. The van der Waals surface area contributed by atoms with E-state index in [1.54, 1.807) is 0 Å². The fourth-order valence-electron chi connectivity index (χ4n) is 2.39. The number of carbonyl (C=O) groups excluding carboxylic acids is 1. The van der Waals surface area contributed by atoms with Crippen molar-refractivity contribution in [1.82, 2.24) is 0 Å². The van der Waals surface area contributed by atoms with E-state index in [0.29, 0.717) is 19.1 Å². The van der Waals surface area contributed by atoms with Gasteiger partial charge in [0.1, 0.15) is 6.04 Å². The molecule has 0 aromatic rings. The van der Waals surface area contributed by atoms with Crippen LogP contribution in [0.15, 0.2) is 0 Å². The maximum Gasteiger partial charge on any atom is 0.322 e. The van der Waals surface area contributed by atoms with Crippen molar-refractivity contribution in [2.24, 2.45) is 11.7 Å². The predicted octanol–water partition coefficient (Wildman–Crippen LogP) is 1.86. The van der Waals surface area contributed by atoms with Crippen LogP contribution in [0.3, 0.4) is 0 Å². The van der Waals surface area contributed by atoms with E-state index >= 15 is 0 Å². The Morgan fingerprint density at radius 1 is 1.47 bits per heavy atom. The third kappa shape index (κ3) is 5.04. The van der Waals surface area contributed by atoms with Gasteiger partial charge >= 0.3 is 5.97 Å². The Hall–Kier alpha value is -0.610. The van der Waals surface area contributed by atoms with Crippen LogP contribution in [0.5, 0.6) is 0 Å². The highest BCUT2D eigenvalue weighted by atomic mass is 16.5. The van der Waals surface area contributed by atoms with E-state index in [-0.39, 0.29) is 5.97 Å². The summed E-state index contributed by atoms with van der Waals surface area (Å²) in [5, 5.41) is 0. The number of rotatable bonds is 6. The number of esters is 1. The van der Waals surface area contributed by atoms with Crippen LogP contribution < -0.4 is 5.73 Å². The van der Waals surface area contributed by atoms with Gasteiger partial charge in [0, 0.05) is 6.61 Å². The molecule has 17 heavy (non-hydrogen) atoms. The first-order valence-corrected chi connectivity index (χ1v) is 6.62. The van der Waals surface area contributed by atoms with Crippen LogP contribution in [0, 0.1) is 5.92 Å². The molecule has 0 spiro atoms. The molecule has 1 aliphatic rings. The number of hydrogen-bond acceptors (Lipinski definition) is 4. The SMILES string of the molecule is CCC1CCCC(OCCC(N)C(=O)OC)C1. The van der Waals surface area contributed by atoms with E-state index in [1.165, 1.54) is 26.4 Å². The van der Waals surface area contributed by atoms with Gasteiger partial charge in [-0.3, -0.25) is 4.79 Å². The minimum Gasteiger partial charge on any atom is -0.468 e. The third-order valence-corrected chi connectivity index (χ3v) is 3.60. The molecule has 3 atom stereocenters. The molecule has 4 nitrogen and oxygen atoms in total. The van der Waals surface area contributed by atoms with E-state index in [9.17, 15) is 4.79 Å². The van der Waals surface area contributed by atoms with Crippen LogP contribution in [0.2, 0.25) is 0 Å². The molecular formula is C13H25NO3. The molecule has 0 heterocycles. The van der Waals surface area contributed by atoms with Crippen LogP contribution in [0.1, 0.15) is 45.4 Å². The lowest BCUT2D eigenvalue weighted by Gasteiger charge is -2.28. The molecule has 3 unspecified atom stereocenters. The predicted molar refractivity (Wildman–Crippen MR) is 66.6 cm³/mol. The Kier molecular flexibility index (Phi) is 6.52. The van der Waals surface area contributed by atoms with Crippen molar-refractivity contribution in [2.45, 2.75) is 57.6 Å². The summed E-state index contributed by atoms with van der Waals surface area (Å²) < 4.78 is 10.4. The van der Waals surface area contributed by atoms with Crippen molar-refractivity contribution in [2.75, 3.05) is 13.7 Å². The van der Waals surface area contributed by atoms with Gasteiger partial charge in [0.05, 0.1) is 13.2 Å². The monoisotopic (exact) mass is 243 g/mol. The van der Waals surface area contributed by atoms with E-state index < -0.39 is 6.04 Å². The van der Waals surface area contributed by atoms with Crippen molar-refractivity contribution >= 4 is 5.97 Å². The Morgan fingerprint density at radius 2 is 2.24 bits per heavy atom. The normalized spacial score (nSPS) is 26.5. The summed E-state index contributed by atoms with van der Waals surface area (Å²) in [5.41, 5.74) is 5.64. The Labute approximate surface area is 104 Å². The first-order chi connectivity index (χ1) is 8.17. The fraction of sp³-hybridized carbons (Fsp3) is 0.923. The van der Waals surface area contributed by atoms with Gasteiger partial charge < -0.3 is 15.2 Å². The number of methoxy groups -OCH3 is 1. The van der Waals surface area contributed by atoms with Crippen LogP contribution in [-0.4, -0.2) is 31.8 Å². The summed E-state index contributed by atoms with van der Waals surface area (Å²) in [6.45, 7) is 2.79. The highest BCUT2D eigenvalue weighted by Crippen LogP contribution is 2.28. The van der Waals surface area contributed by atoms with E-state index in [0.717, 1.165) is 18.8 Å². The Morgan fingerprint density at radius 3 is 2.88 bits per heavy atom. The standard InChI is InChI=1S/C13H25NO3/c1-3-10-5-4-6-11(9-10)17-8-7-12(14)13(15)16-2/h10-12H,3-9,14H2,1-2H3. The quantitative estimate of drug-likeness (QED) is 0.723. The van der Waals surface area contributed by atoms with Gasteiger partial charge in [-0.05, 0) is 25.2 Å². The molecule has 0 amide bonds.